The molecule has 0 nitrogen and oxygen atoms in total. The molecule has 2 bridgehead atoms. The van der Waals surface area contributed by atoms with Crippen LogP contribution >= 0.6 is 0 Å². The van der Waals surface area contributed by atoms with Gasteiger partial charge in [0.05, 0.1) is 0 Å². The Morgan fingerprint density at radius 3 is 1.50 bits per heavy atom. The first-order valence-corrected chi connectivity index (χ1v) is 3.95. The molecule has 0 aromatic rings. The summed E-state index contributed by atoms with van der Waals surface area (Å²) in [5, 5.41) is 0. The quantitative estimate of drug-likeness (QED) is 0.445. The maximum absolute atomic E-state index is 1.62. The summed E-state index contributed by atoms with van der Waals surface area (Å²) in [7, 11) is 0. The zero-order chi connectivity index (χ0) is 5.14. The lowest BCUT2D eigenvalue weighted by atomic mass is 9.77. The van der Waals surface area contributed by atoms with Crippen molar-refractivity contribution in [3.8, 4) is 0 Å². The highest BCUT2D eigenvalue weighted by atomic mass is 14.6. The molecular weight excluding hydrogens is 96.1 g/mol. The van der Waals surface area contributed by atoms with Gasteiger partial charge in [0.15, 0.2) is 0 Å². The zero-order valence-corrected chi connectivity index (χ0v) is 5.14. The van der Waals surface area contributed by atoms with Gasteiger partial charge in [-0.05, 0) is 49.4 Å². The Morgan fingerprint density at radius 1 is 0.750 bits per heavy atom. The smallest absolute Gasteiger partial charge is 0.0354 e. The fraction of sp³-hybridized carbons (Fsp3) is 1.00. The third kappa shape index (κ3) is 0.240. The molecule has 2 atom stereocenters. The highest BCUT2D eigenvalue weighted by Crippen LogP contribution is 2.64. The second-order valence-corrected chi connectivity index (χ2v) is 3.90. The molecule has 4 aliphatic carbocycles. The minimum Gasteiger partial charge on any atom is -0.0496 e. The minimum atomic E-state index is 1.22. The summed E-state index contributed by atoms with van der Waals surface area (Å²) < 4.78 is 0. The van der Waals surface area contributed by atoms with Crippen LogP contribution in [0.25, 0.3) is 0 Å². The molecule has 4 aliphatic rings. The van der Waals surface area contributed by atoms with Crippen LogP contribution in [0.4, 0.5) is 0 Å². The fourth-order valence-corrected chi connectivity index (χ4v) is 3.13. The molecule has 8 heavy (non-hydrogen) atoms. The molecule has 0 heterocycles. The SMILES string of the molecule is C1C2CC1[C@@H]1CC[C@H]21. The summed E-state index contributed by atoms with van der Waals surface area (Å²) >= 11 is 0. The van der Waals surface area contributed by atoms with Gasteiger partial charge in [-0.2, -0.15) is 0 Å². The Morgan fingerprint density at radius 2 is 1.25 bits per heavy atom. The van der Waals surface area contributed by atoms with Gasteiger partial charge in [-0.15, -0.1) is 0 Å². The fourth-order valence-electron chi connectivity index (χ4n) is 3.13. The average molecular weight is 108 g/mol. The summed E-state index contributed by atoms with van der Waals surface area (Å²) in [5.41, 5.74) is 0. The summed E-state index contributed by atoms with van der Waals surface area (Å²) in [6, 6.07) is 0. The number of rotatable bonds is 0. The normalized spacial score (nSPS) is 66.0. The summed E-state index contributed by atoms with van der Waals surface area (Å²) in [4.78, 5) is 0. The van der Waals surface area contributed by atoms with Crippen molar-refractivity contribution in [1.82, 2.24) is 0 Å². The highest BCUT2D eigenvalue weighted by Gasteiger charge is 2.55. The van der Waals surface area contributed by atoms with Crippen LogP contribution in [0.3, 0.4) is 0 Å². The van der Waals surface area contributed by atoms with Crippen LogP contribution < -0.4 is 0 Å². The first-order valence-electron chi connectivity index (χ1n) is 3.95. The van der Waals surface area contributed by atoms with Crippen LogP contribution in [0, 0.1) is 23.7 Å². The van der Waals surface area contributed by atoms with Crippen LogP contribution in [-0.4, -0.2) is 0 Å². The van der Waals surface area contributed by atoms with E-state index in [-0.39, 0.29) is 0 Å². The molecule has 44 valence electrons. The van der Waals surface area contributed by atoms with E-state index in [9.17, 15) is 0 Å². The molecule has 0 aromatic heterocycles. The monoisotopic (exact) mass is 108 g/mol. The van der Waals surface area contributed by atoms with E-state index >= 15 is 0 Å². The maximum atomic E-state index is 1.62. The van der Waals surface area contributed by atoms with Gasteiger partial charge in [-0.25, -0.2) is 0 Å². The van der Waals surface area contributed by atoms with Crippen molar-refractivity contribution in [2.24, 2.45) is 23.7 Å². The molecule has 0 unspecified atom stereocenters. The van der Waals surface area contributed by atoms with Crippen molar-refractivity contribution >= 4 is 0 Å². The Bertz CT molecular complexity index is 108. The van der Waals surface area contributed by atoms with Gasteiger partial charge in [0.2, 0.25) is 0 Å². The van der Waals surface area contributed by atoms with E-state index in [1.807, 2.05) is 0 Å². The Balaban J connectivity index is 1.99. The first-order chi connectivity index (χ1) is 3.95. The Hall–Kier alpha value is 0. The average Bonchev–Trinajstić information content (AvgIpc) is 1.82. The predicted molar refractivity (Wildman–Crippen MR) is 32.4 cm³/mol. The molecule has 0 amide bonds. The Kier molecular flexibility index (Phi) is 0.482. The van der Waals surface area contributed by atoms with Crippen molar-refractivity contribution in [2.45, 2.75) is 25.7 Å². The first kappa shape index (κ1) is 3.92. The van der Waals surface area contributed by atoms with Gasteiger partial charge in [-0.1, -0.05) is 0 Å². The van der Waals surface area contributed by atoms with E-state index in [0.717, 1.165) is 0 Å². The molecule has 0 heteroatoms. The highest BCUT2D eigenvalue weighted by molar-refractivity contribution is 5.05. The second kappa shape index (κ2) is 0.984. The molecule has 4 rings (SSSR count). The molecular formula is C8H12. The van der Waals surface area contributed by atoms with Crippen molar-refractivity contribution in [2.75, 3.05) is 0 Å². The Labute approximate surface area is 50.3 Å². The van der Waals surface area contributed by atoms with Crippen molar-refractivity contribution in [1.29, 1.82) is 0 Å². The number of hydrogen-bond donors (Lipinski definition) is 0. The summed E-state index contributed by atoms with van der Waals surface area (Å²) in [5.74, 6) is 4.91. The number of hydrogen-bond acceptors (Lipinski definition) is 0. The molecule has 0 aromatic carbocycles. The van der Waals surface area contributed by atoms with Gasteiger partial charge >= 0.3 is 0 Å². The van der Waals surface area contributed by atoms with E-state index in [1.165, 1.54) is 23.7 Å². The van der Waals surface area contributed by atoms with Crippen LogP contribution in [0.5, 0.6) is 0 Å². The van der Waals surface area contributed by atoms with Crippen molar-refractivity contribution < 1.29 is 0 Å². The third-order valence-electron chi connectivity index (χ3n) is 3.81. The van der Waals surface area contributed by atoms with Crippen LogP contribution in [0.2, 0.25) is 0 Å². The van der Waals surface area contributed by atoms with E-state index in [4.69, 9.17) is 0 Å². The summed E-state index contributed by atoms with van der Waals surface area (Å²) in [6.45, 7) is 0. The standard InChI is InChI=1S/C8H12/c1-2-8-6-3-5(4-6)7(1)8/h5-8H,1-4H2/t5?,6?,7-,8+. The topological polar surface area (TPSA) is 0 Å². The van der Waals surface area contributed by atoms with Gasteiger partial charge in [-0.3, -0.25) is 0 Å². The molecule has 0 spiro atoms. The maximum Gasteiger partial charge on any atom is -0.0354 e. The van der Waals surface area contributed by atoms with E-state index in [1.54, 1.807) is 25.7 Å². The largest absolute Gasteiger partial charge is 0.0496 e. The van der Waals surface area contributed by atoms with Crippen LogP contribution in [0.1, 0.15) is 25.7 Å². The van der Waals surface area contributed by atoms with Crippen LogP contribution in [0.15, 0.2) is 0 Å². The predicted octanol–water partition coefficient (Wildman–Crippen LogP) is 2.05. The molecule has 4 fully saturated rings. The van der Waals surface area contributed by atoms with Crippen LogP contribution in [-0.2, 0) is 0 Å². The summed E-state index contributed by atoms with van der Waals surface area (Å²) in [6.07, 6.45) is 6.42. The van der Waals surface area contributed by atoms with Gasteiger partial charge in [0.25, 0.3) is 0 Å². The van der Waals surface area contributed by atoms with E-state index in [2.05, 4.69) is 0 Å². The van der Waals surface area contributed by atoms with E-state index < -0.39 is 0 Å². The van der Waals surface area contributed by atoms with Gasteiger partial charge < -0.3 is 0 Å². The molecule has 0 N–H and O–H groups in total. The van der Waals surface area contributed by atoms with Gasteiger partial charge in [0.1, 0.15) is 0 Å². The molecule has 0 aliphatic heterocycles. The third-order valence-corrected chi connectivity index (χ3v) is 3.81. The lowest BCUT2D eigenvalue weighted by molar-refractivity contribution is 0.211. The van der Waals surface area contributed by atoms with Crippen molar-refractivity contribution in [3.63, 3.8) is 0 Å². The zero-order valence-electron chi connectivity index (χ0n) is 5.14. The second-order valence-electron chi connectivity index (χ2n) is 3.90. The molecule has 0 radical (unpaired) electrons. The minimum absolute atomic E-state index is 1.22. The van der Waals surface area contributed by atoms with Crippen molar-refractivity contribution in [3.05, 3.63) is 0 Å². The molecule has 4 saturated carbocycles. The van der Waals surface area contributed by atoms with E-state index in [0.29, 0.717) is 0 Å². The lowest BCUT2D eigenvalue weighted by Crippen LogP contribution is -2.20. The molecule has 0 saturated heterocycles. The lowest BCUT2D eigenvalue weighted by Gasteiger charge is -2.29. The van der Waals surface area contributed by atoms with Gasteiger partial charge in [0, 0.05) is 0 Å².